The second kappa shape index (κ2) is 6.42. The number of aryl methyl sites for hydroxylation is 2. The van der Waals surface area contributed by atoms with Gasteiger partial charge >= 0.3 is 0 Å². The van der Waals surface area contributed by atoms with Crippen LogP contribution in [0.4, 0.5) is 0 Å². The van der Waals surface area contributed by atoms with E-state index in [-0.39, 0.29) is 0 Å². The van der Waals surface area contributed by atoms with Gasteiger partial charge < -0.3 is 10.5 Å². The minimum atomic E-state index is 0.395. The molecule has 98 valence electrons. The van der Waals surface area contributed by atoms with E-state index in [0.717, 1.165) is 10.6 Å². The third-order valence-corrected chi connectivity index (χ3v) is 3.81. The highest BCUT2D eigenvalue weighted by molar-refractivity contribution is 7.12. The van der Waals surface area contributed by atoms with Crippen LogP contribution in [0.1, 0.15) is 20.9 Å². The highest BCUT2D eigenvalue weighted by Gasteiger charge is 2.01. The van der Waals surface area contributed by atoms with Crippen LogP contribution in [0.15, 0.2) is 30.3 Å². The summed E-state index contributed by atoms with van der Waals surface area (Å²) in [4.78, 5) is 2.20. The summed E-state index contributed by atoms with van der Waals surface area (Å²) in [6, 6.07) is 10.2. The van der Waals surface area contributed by atoms with Gasteiger partial charge in [0.25, 0.3) is 0 Å². The number of benzene rings is 1. The zero-order chi connectivity index (χ0) is 13.7. The Morgan fingerprint density at radius 2 is 2.00 bits per heavy atom. The molecule has 2 rings (SSSR count). The molecule has 0 aliphatic carbocycles. The van der Waals surface area contributed by atoms with Gasteiger partial charge in [-0.05, 0) is 49.2 Å². The van der Waals surface area contributed by atoms with Crippen molar-refractivity contribution in [2.75, 3.05) is 6.54 Å². The van der Waals surface area contributed by atoms with Gasteiger partial charge in [0.2, 0.25) is 0 Å². The molecule has 1 heterocycles. The fourth-order valence-electron chi connectivity index (χ4n) is 1.62. The summed E-state index contributed by atoms with van der Waals surface area (Å²) in [6.45, 7) is 5.17. The molecule has 0 radical (unpaired) electrons. The van der Waals surface area contributed by atoms with Gasteiger partial charge in [0.05, 0.1) is 11.4 Å². The lowest BCUT2D eigenvalue weighted by molar-refractivity contribution is 0.309. The highest BCUT2D eigenvalue weighted by Crippen LogP contribution is 2.20. The molecule has 0 fully saturated rings. The first-order valence-corrected chi connectivity index (χ1v) is 6.98. The first-order chi connectivity index (χ1) is 9.19. The van der Waals surface area contributed by atoms with Gasteiger partial charge in [-0.25, -0.2) is 0 Å². The molecule has 2 N–H and O–H groups in total. The Bertz CT molecular complexity index is 619. The van der Waals surface area contributed by atoms with Crippen molar-refractivity contribution in [3.63, 3.8) is 0 Å². The van der Waals surface area contributed by atoms with Crippen molar-refractivity contribution in [3.8, 4) is 17.6 Å². The lowest BCUT2D eigenvalue weighted by atomic mass is 10.1. The molecular weight excluding hydrogens is 254 g/mol. The molecule has 2 aromatic rings. The van der Waals surface area contributed by atoms with Gasteiger partial charge in [-0.15, -0.1) is 11.3 Å². The summed E-state index contributed by atoms with van der Waals surface area (Å²) >= 11 is 1.65. The topological polar surface area (TPSA) is 35.2 Å². The van der Waals surface area contributed by atoms with Crippen molar-refractivity contribution in [2.24, 2.45) is 5.73 Å². The summed E-state index contributed by atoms with van der Waals surface area (Å²) in [6.07, 6.45) is 0. The van der Waals surface area contributed by atoms with Gasteiger partial charge in [-0.2, -0.15) is 0 Å². The average molecular weight is 271 g/mol. The molecule has 3 heteroatoms. The zero-order valence-corrected chi connectivity index (χ0v) is 12.0. The molecular formula is C16H17NOS. The van der Waals surface area contributed by atoms with Crippen molar-refractivity contribution >= 4 is 11.3 Å². The van der Waals surface area contributed by atoms with Gasteiger partial charge in [0.15, 0.2) is 0 Å². The highest BCUT2D eigenvalue weighted by atomic mass is 32.1. The average Bonchev–Trinajstić information content (AvgIpc) is 2.86. The third-order valence-electron chi connectivity index (χ3n) is 2.83. The first-order valence-electron chi connectivity index (χ1n) is 6.17. The normalized spacial score (nSPS) is 9.84. The smallest absolute Gasteiger partial charge is 0.122 e. The molecule has 0 bridgehead atoms. The zero-order valence-electron chi connectivity index (χ0n) is 11.2. The lowest BCUT2D eigenvalue weighted by Gasteiger charge is -2.06. The molecule has 0 unspecified atom stereocenters. The molecule has 2 nitrogen and oxygen atoms in total. The standard InChI is InChI=1S/C16H17NOS/c1-12-5-6-14(10-13(12)2)18-11-16-8-7-15(19-16)4-3-9-17/h5-8,10H,9,11,17H2,1-2H3. The summed E-state index contributed by atoms with van der Waals surface area (Å²) < 4.78 is 5.78. The SMILES string of the molecule is Cc1ccc(OCc2ccc(C#CCN)s2)cc1C. The summed E-state index contributed by atoms with van der Waals surface area (Å²) in [5.41, 5.74) is 7.88. The van der Waals surface area contributed by atoms with Crippen molar-refractivity contribution in [1.29, 1.82) is 0 Å². The largest absolute Gasteiger partial charge is 0.488 e. The minimum Gasteiger partial charge on any atom is -0.488 e. The molecule has 0 aliphatic heterocycles. The van der Waals surface area contributed by atoms with Crippen LogP contribution >= 0.6 is 11.3 Å². The van der Waals surface area contributed by atoms with E-state index < -0.39 is 0 Å². The monoisotopic (exact) mass is 271 g/mol. The lowest BCUT2D eigenvalue weighted by Crippen LogP contribution is -1.93. The van der Waals surface area contributed by atoms with E-state index in [9.17, 15) is 0 Å². The van der Waals surface area contributed by atoms with Gasteiger partial charge in [-0.1, -0.05) is 17.9 Å². The Hall–Kier alpha value is -1.76. The maximum atomic E-state index is 5.78. The summed E-state index contributed by atoms with van der Waals surface area (Å²) in [5.74, 6) is 6.79. The van der Waals surface area contributed by atoms with Crippen molar-refractivity contribution in [3.05, 3.63) is 51.2 Å². The molecule has 0 atom stereocenters. The number of rotatable bonds is 3. The van der Waals surface area contributed by atoms with E-state index in [1.165, 1.54) is 16.0 Å². The summed E-state index contributed by atoms with van der Waals surface area (Å²) in [5, 5.41) is 0. The molecule has 1 aromatic heterocycles. The van der Waals surface area contributed by atoms with Crippen LogP contribution in [-0.4, -0.2) is 6.54 Å². The number of hydrogen-bond acceptors (Lipinski definition) is 3. The fraction of sp³-hybridized carbons (Fsp3) is 0.250. The third kappa shape index (κ3) is 3.85. The predicted octanol–water partition coefficient (Wildman–Crippen LogP) is 3.25. The van der Waals surface area contributed by atoms with Gasteiger partial charge in [0, 0.05) is 4.88 Å². The maximum Gasteiger partial charge on any atom is 0.122 e. The minimum absolute atomic E-state index is 0.395. The van der Waals surface area contributed by atoms with Crippen LogP contribution in [0.5, 0.6) is 5.75 Å². The van der Waals surface area contributed by atoms with Crippen molar-refractivity contribution in [2.45, 2.75) is 20.5 Å². The van der Waals surface area contributed by atoms with Crippen LogP contribution in [0.3, 0.4) is 0 Å². The van der Waals surface area contributed by atoms with E-state index in [4.69, 9.17) is 10.5 Å². The second-order valence-corrected chi connectivity index (χ2v) is 5.47. The van der Waals surface area contributed by atoms with E-state index in [1.54, 1.807) is 11.3 Å². The van der Waals surface area contributed by atoms with Crippen LogP contribution in [0.2, 0.25) is 0 Å². The number of thiophene rings is 1. The van der Waals surface area contributed by atoms with E-state index in [2.05, 4.69) is 37.8 Å². The maximum absolute atomic E-state index is 5.78. The molecule has 1 aromatic carbocycles. The second-order valence-electron chi connectivity index (χ2n) is 4.31. The molecule has 0 aliphatic rings. The van der Waals surface area contributed by atoms with Gasteiger partial charge in [-0.3, -0.25) is 0 Å². The quantitative estimate of drug-likeness (QED) is 0.870. The Morgan fingerprint density at radius 3 is 2.74 bits per heavy atom. The number of hydrogen-bond donors (Lipinski definition) is 1. The summed E-state index contributed by atoms with van der Waals surface area (Å²) in [7, 11) is 0. The van der Waals surface area contributed by atoms with Crippen molar-refractivity contribution in [1.82, 2.24) is 0 Å². The van der Waals surface area contributed by atoms with Crippen LogP contribution in [0.25, 0.3) is 0 Å². The van der Waals surface area contributed by atoms with Crippen molar-refractivity contribution < 1.29 is 4.74 Å². The molecule has 0 saturated carbocycles. The van der Waals surface area contributed by atoms with E-state index in [0.29, 0.717) is 13.2 Å². The molecule has 0 saturated heterocycles. The Morgan fingerprint density at radius 1 is 1.16 bits per heavy atom. The molecule has 0 spiro atoms. The van der Waals surface area contributed by atoms with E-state index in [1.807, 2.05) is 18.2 Å². The van der Waals surface area contributed by atoms with Crippen LogP contribution < -0.4 is 10.5 Å². The predicted molar refractivity (Wildman–Crippen MR) is 80.5 cm³/mol. The van der Waals surface area contributed by atoms with Crippen LogP contribution in [0, 0.1) is 25.7 Å². The Balaban J connectivity index is 1.98. The molecule has 0 amide bonds. The fourth-order valence-corrected chi connectivity index (χ4v) is 2.41. The van der Waals surface area contributed by atoms with E-state index >= 15 is 0 Å². The van der Waals surface area contributed by atoms with Gasteiger partial charge in [0.1, 0.15) is 12.4 Å². The first kappa shape index (κ1) is 13.7. The Labute approximate surface area is 118 Å². The van der Waals surface area contributed by atoms with Crippen LogP contribution in [-0.2, 0) is 6.61 Å². The Kier molecular flexibility index (Phi) is 4.62. The molecule has 19 heavy (non-hydrogen) atoms. The number of nitrogens with two attached hydrogens (primary N) is 1. The number of ether oxygens (including phenoxy) is 1.